The predicted octanol–water partition coefficient (Wildman–Crippen LogP) is 1.08. The maximum atomic E-state index is 12.5. The van der Waals surface area contributed by atoms with Gasteiger partial charge in [0.25, 0.3) is 0 Å². The minimum atomic E-state index is -0.647. The monoisotopic (exact) mass is 290 g/mol. The van der Waals surface area contributed by atoms with Crippen molar-refractivity contribution in [2.75, 3.05) is 25.9 Å². The summed E-state index contributed by atoms with van der Waals surface area (Å²) in [5, 5.41) is 0.360. The Balaban J connectivity index is 2.29. The quantitative estimate of drug-likeness (QED) is 0.852. The van der Waals surface area contributed by atoms with Crippen LogP contribution in [-0.4, -0.2) is 31.1 Å². The summed E-state index contributed by atoms with van der Waals surface area (Å²) >= 11 is 0. The van der Waals surface area contributed by atoms with Gasteiger partial charge in [-0.2, -0.15) is 0 Å². The van der Waals surface area contributed by atoms with Crippen LogP contribution in [0.15, 0.2) is 23.1 Å². The van der Waals surface area contributed by atoms with Crippen LogP contribution in [0.25, 0.3) is 10.9 Å². The molecule has 110 valence electrons. The molecule has 21 heavy (non-hydrogen) atoms. The number of aromatic nitrogens is 1. The second-order valence-corrected chi connectivity index (χ2v) is 4.41. The number of pyridine rings is 1. The van der Waals surface area contributed by atoms with E-state index in [4.69, 9.17) is 14.2 Å². The molecule has 0 saturated carbocycles. The van der Waals surface area contributed by atoms with Crippen molar-refractivity contribution in [1.82, 2.24) is 4.68 Å². The van der Waals surface area contributed by atoms with Gasteiger partial charge in [0.05, 0.1) is 17.5 Å². The zero-order valence-electron chi connectivity index (χ0n) is 11.6. The predicted molar refractivity (Wildman–Crippen MR) is 75.6 cm³/mol. The number of nitrogens with zero attached hydrogens (tertiary/aromatic N) is 1. The summed E-state index contributed by atoms with van der Waals surface area (Å²) in [4.78, 5) is 24.4. The van der Waals surface area contributed by atoms with Crippen molar-refractivity contribution in [3.05, 3.63) is 34.1 Å². The largest absolute Gasteiger partial charge is 0.462 e. The average molecular weight is 290 g/mol. The zero-order valence-corrected chi connectivity index (χ0v) is 11.6. The van der Waals surface area contributed by atoms with E-state index in [1.54, 1.807) is 30.8 Å². The SMILES string of the molecule is CCOC(=O)c1cn(NC)c2cc3c(cc2c1=O)OCO3. The van der Waals surface area contributed by atoms with E-state index in [1.807, 2.05) is 0 Å². The third-order valence-electron chi connectivity index (χ3n) is 3.23. The van der Waals surface area contributed by atoms with Crippen LogP contribution in [0.3, 0.4) is 0 Å². The number of fused-ring (bicyclic) bond motifs is 2. The molecule has 0 unspecified atom stereocenters. The molecule has 3 rings (SSSR count). The van der Waals surface area contributed by atoms with Crippen molar-refractivity contribution < 1.29 is 19.0 Å². The Morgan fingerprint density at radius 3 is 2.76 bits per heavy atom. The maximum Gasteiger partial charge on any atom is 0.343 e. The molecule has 2 heterocycles. The molecule has 7 nitrogen and oxygen atoms in total. The van der Waals surface area contributed by atoms with E-state index >= 15 is 0 Å². The first-order valence-corrected chi connectivity index (χ1v) is 6.49. The molecular formula is C14H14N2O5. The van der Waals surface area contributed by atoms with E-state index in [-0.39, 0.29) is 19.0 Å². The molecule has 0 fully saturated rings. The topological polar surface area (TPSA) is 78.8 Å². The van der Waals surface area contributed by atoms with Crippen LogP contribution < -0.4 is 20.3 Å². The van der Waals surface area contributed by atoms with Gasteiger partial charge in [0.1, 0.15) is 5.56 Å². The summed E-state index contributed by atoms with van der Waals surface area (Å²) in [6.45, 7) is 2.01. The molecule has 2 aromatic rings. The van der Waals surface area contributed by atoms with Gasteiger partial charge in [0.15, 0.2) is 11.5 Å². The standard InChI is InChI=1S/C14H14N2O5/c1-3-19-14(18)9-6-16(15-2)10-5-12-11(20-7-21-12)4-8(10)13(9)17/h4-6,15H,3,7H2,1-2H3. The molecule has 0 spiro atoms. The lowest BCUT2D eigenvalue weighted by Crippen LogP contribution is -2.23. The van der Waals surface area contributed by atoms with Crippen molar-refractivity contribution in [2.45, 2.75) is 6.92 Å². The first-order valence-electron chi connectivity index (χ1n) is 6.49. The highest BCUT2D eigenvalue weighted by Gasteiger charge is 2.21. The Labute approximate surface area is 120 Å². The molecule has 0 amide bonds. The summed E-state index contributed by atoms with van der Waals surface area (Å²) in [7, 11) is 1.68. The Morgan fingerprint density at radius 1 is 1.38 bits per heavy atom. The fourth-order valence-corrected chi connectivity index (χ4v) is 2.25. The first-order chi connectivity index (χ1) is 10.2. The fraction of sp³-hybridized carbons (Fsp3) is 0.286. The minimum absolute atomic E-state index is 0.0300. The molecule has 0 atom stereocenters. The molecule has 1 aliphatic rings. The number of benzene rings is 1. The summed E-state index contributed by atoms with van der Waals surface area (Å²) in [5.41, 5.74) is 3.07. The number of ether oxygens (including phenoxy) is 3. The van der Waals surface area contributed by atoms with Crippen molar-refractivity contribution >= 4 is 16.9 Å². The van der Waals surface area contributed by atoms with E-state index < -0.39 is 11.4 Å². The maximum absolute atomic E-state index is 12.5. The fourth-order valence-electron chi connectivity index (χ4n) is 2.25. The van der Waals surface area contributed by atoms with Crippen LogP contribution in [0.5, 0.6) is 11.5 Å². The van der Waals surface area contributed by atoms with Crippen molar-refractivity contribution in [3.63, 3.8) is 0 Å². The van der Waals surface area contributed by atoms with E-state index in [0.717, 1.165) is 0 Å². The molecule has 0 aliphatic carbocycles. The normalized spacial score (nSPS) is 12.5. The number of carbonyl (C=O) groups excluding carboxylic acids is 1. The van der Waals surface area contributed by atoms with E-state index in [0.29, 0.717) is 22.4 Å². The number of hydrogen-bond donors (Lipinski definition) is 1. The average Bonchev–Trinajstić information content (AvgIpc) is 2.93. The van der Waals surface area contributed by atoms with Crippen molar-refractivity contribution in [1.29, 1.82) is 0 Å². The number of esters is 1. The van der Waals surface area contributed by atoms with Gasteiger partial charge in [-0.15, -0.1) is 0 Å². The Bertz CT molecular complexity index is 781. The summed E-state index contributed by atoms with van der Waals surface area (Å²) < 4.78 is 17.1. The van der Waals surface area contributed by atoms with Gasteiger partial charge in [-0.1, -0.05) is 0 Å². The van der Waals surface area contributed by atoms with Crippen molar-refractivity contribution in [2.24, 2.45) is 0 Å². The molecular weight excluding hydrogens is 276 g/mol. The highest BCUT2D eigenvalue weighted by Crippen LogP contribution is 2.35. The lowest BCUT2D eigenvalue weighted by molar-refractivity contribution is 0.0524. The van der Waals surface area contributed by atoms with Gasteiger partial charge in [0.2, 0.25) is 12.2 Å². The summed E-state index contributed by atoms with van der Waals surface area (Å²) in [6.07, 6.45) is 1.42. The molecule has 0 saturated heterocycles. The second kappa shape index (κ2) is 5.01. The highest BCUT2D eigenvalue weighted by atomic mass is 16.7. The van der Waals surface area contributed by atoms with Gasteiger partial charge in [0, 0.05) is 19.3 Å². The molecule has 0 bridgehead atoms. The minimum Gasteiger partial charge on any atom is -0.462 e. The van der Waals surface area contributed by atoms with E-state index in [9.17, 15) is 9.59 Å². The zero-order chi connectivity index (χ0) is 15.0. The highest BCUT2D eigenvalue weighted by molar-refractivity contribution is 5.94. The Kier molecular flexibility index (Phi) is 3.17. The Morgan fingerprint density at radius 2 is 2.10 bits per heavy atom. The summed E-state index contributed by atoms with van der Waals surface area (Å²) in [6, 6.07) is 3.28. The van der Waals surface area contributed by atoms with Crippen LogP contribution in [-0.2, 0) is 4.74 Å². The van der Waals surface area contributed by atoms with Gasteiger partial charge >= 0.3 is 5.97 Å². The smallest absolute Gasteiger partial charge is 0.343 e. The molecule has 1 aromatic carbocycles. The van der Waals surface area contributed by atoms with Crippen LogP contribution in [0.2, 0.25) is 0 Å². The molecule has 1 aliphatic heterocycles. The van der Waals surface area contributed by atoms with E-state index in [2.05, 4.69) is 5.43 Å². The lowest BCUT2D eigenvalue weighted by atomic mass is 10.1. The van der Waals surface area contributed by atoms with Crippen LogP contribution in [0, 0.1) is 0 Å². The number of carbonyl (C=O) groups is 1. The van der Waals surface area contributed by atoms with Gasteiger partial charge in [-0.25, -0.2) is 4.79 Å². The Hall–Kier alpha value is -2.70. The summed E-state index contributed by atoms with van der Waals surface area (Å²) in [5.74, 6) is 0.407. The van der Waals surface area contributed by atoms with Crippen LogP contribution in [0.1, 0.15) is 17.3 Å². The van der Waals surface area contributed by atoms with Crippen molar-refractivity contribution in [3.8, 4) is 11.5 Å². The van der Waals surface area contributed by atoms with E-state index in [1.165, 1.54) is 6.20 Å². The van der Waals surface area contributed by atoms with Crippen LogP contribution in [0.4, 0.5) is 0 Å². The molecule has 0 radical (unpaired) electrons. The molecule has 7 heteroatoms. The number of rotatable bonds is 3. The molecule has 1 N–H and O–H groups in total. The molecule has 1 aromatic heterocycles. The second-order valence-electron chi connectivity index (χ2n) is 4.41. The third kappa shape index (κ3) is 2.06. The number of hydrogen-bond acceptors (Lipinski definition) is 6. The number of nitrogens with one attached hydrogen (secondary N) is 1. The lowest BCUT2D eigenvalue weighted by Gasteiger charge is -2.12. The van der Waals surface area contributed by atoms with Gasteiger partial charge < -0.3 is 19.6 Å². The van der Waals surface area contributed by atoms with Gasteiger partial charge in [-0.3, -0.25) is 9.47 Å². The third-order valence-corrected chi connectivity index (χ3v) is 3.23. The van der Waals surface area contributed by atoms with Crippen LogP contribution >= 0.6 is 0 Å². The first kappa shape index (κ1) is 13.3. The van der Waals surface area contributed by atoms with Gasteiger partial charge in [-0.05, 0) is 13.0 Å².